The standard InChI is InChI=1S/C54H72N2O12/c1-25-30-16-43-54(66-43)49(30,24-64-52(25)40(60)21-44(3,4)67-52)39(59)18-37-47(7)20-36-34(14-28(47)11-12-50(37,54)62)55-35-19-46(6)27(13-33(35)56-36)9-10-29-31(46)15-38(58)48(8)32(29)17-42-51(48,63)26(2)53(65-42)41(61)22-45(5,23-57)68-53/h17-18,25-31,38,40-43,57-58,60-63H,9-16,19-24H2,1-8H3/t25-,26+,27+,28+,29-,30?,31+,38-,40-,41-,42+,43+,45+,46+,47+,48-,49?,50+,51-,52+,53+,54+/m1/s1. The number of nitrogens with zero attached hydrogens (tertiary/aromatic N) is 2. The third kappa shape index (κ3) is 4.60. The molecule has 6 heterocycles. The number of aromatic nitrogens is 2. The SMILES string of the molecule is C[C@@H]1C2C[C@@H]3O[C@]34C2(CO[C@]12OC(C)(C)C[C@H]2O)C(=O)C=C1[C@@]2(C)Cc3nc5c(nc3C[C@@H]2CC[C@]14O)C[C@@]1(C)[C@@H](CC[C@H]2C3=C[C@@H]4O[C@]6(O[C@](C)(CO)C[C@H]6O)[C@@H](C)[C@]4(O)[C@@]3(C)[C@H](O)C[C@@H]21)C5. The first-order valence-corrected chi connectivity index (χ1v) is 26.2. The third-order valence-electron chi connectivity index (χ3n) is 23.4. The van der Waals surface area contributed by atoms with Crippen LogP contribution in [0.4, 0.5) is 0 Å². The summed E-state index contributed by atoms with van der Waals surface area (Å²) in [4.78, 5) is 26.1. The van der Waals surface area contributed by atoms with Crippen LogP contribution in [0.1, 0.15) is 130 Å². The minimum Gasteiger partial charge on any atom is -0.393 e. The Morgan fingerprint density at radius 3 is 2.18 bits per heavy atom. The summed E-state index contributed by atoms with van der Waals surface area (Å²) < 4.78 is 32.9. The van der Waals surface area contributed by atoms with Gasteiger partial charge in [0, 0.05) is 41.9 Å². The lowest BCUT2D eigenvalue weighted by atomic mass is 9.44. The van der Waals surface area contributed by atoms with Gasteiger partial charge in [-0.05, 0) is 125 Å². The first kappa shape index (κ1) is 44.5. The molecule has 9 fully saturated rings. The van der Waals surface area contributed by atoms with Crippen LogP contribution in [0.25, 0.3) is 0 Å². The van der Waals surface area contributed by atoms with Crippen LogP contribution in [0.3, 0.4) is 0 Å². The highest BCUT2D eigenvalue weighted by atomic mass is 16.7. The van der Waals surface area contributed by atoms with Gasteiger partial charge in [-0.15, -0.1) is 0 Å². The molecule has 68 heavy (non-hydrogen) atoms. The van der Waals surface area contributed by atoms with Crippen molar-refractivity contribution in [2.24, 2.45) is 63.1 Å². The Morgan fingerprint density at radius 1 is 0.779 bits per heavy atom. The Bertz CT molecular complexity index is 2550. The number of hydrogen-bond acceptors (Lipinski definition) is 14. The number of hydrogen-bond donors (Lipinski definition) is 6. The second-order valence-electron chi connectivity index (χ2n) is 26.5. The van der Waals surface area contributed by atoms with E-state index in [9.17, 15) is 30.6 Å². The molecule has 14 heteroatoms. The van der Waals surface area contributed by atoms with Gasteiger partial charge in [0.1, 0.15) is 35.1 Å². The van der Waals surface area contributed by atoms with Crippen molar-refractivity contribution < 1.29 is 59.1 Å². The average Bonchev–Trinajstić information content (AvgIpc) is 3.48. The van der Waals surface area contributed by atoms with Gasteiger partial charge in [-0.3, -0.25) is 14.8 Å². The van der Waals surface area contributed by atoms with Crippen LogP contribution in [0.5, 0.6) is 0 Å². The third-order valence-corrected chi connectivity index (χ3v) is 23.4. The molecule has 0 bridgehead atoms. The van der Waals surface area contributed by atoms with E-state index in [4.69, 9.17) is 33.7 Å². The van der Waals surface area contributed by atoms with Crippen molar-refractivity contribution in [2.75, 3.05) is 13.2 Å². The summed E-state index contributed by atoms with van der Waals surface area (Å²) >= 11 is 0. The van der Waals surface area contributed by atoms with Gasteiger partial charge < -0.3 is 54.3 Å². The monoisotopic (exact) mass is 941 g/mol. The van der Waals surface area contributed by atoms with E-state index in [2.05, 4.69) is 19.9 Å². The summed E-state index contributed by atoms with van der Waals surface area (Å²) in [5, 5.41) is 71.7. The predicted molar refractivity (Wildman–Crippen MR) is 241 cm³/mol. The molecule has 4 saturated carbocycles. The highest BCUT2D eigenvalue weighted by Crippen LogP contribution is 2.79. The molecule has 5 saturated heterocycles. The van der Waals surface area contributed by atoms with E-state index in [-0.39, 0.29) is 66.5 Å². The Kier molecular flexibility index (Phi) is 8.34. The number of carbonyl (C=O) groups excluding carboxylic acids is 1. The fraction of sp³-hybridized carbons (Fsp3) is 0.833. The quantitative estimate of drug-likeness (QED) is 0.175. The number of allylic oxidation sites excluding steroid dienone is 1. The van der Waals surface area contributed by atoms with E-state index >= 15 is 4.79 Å². The van der Waals surface area contributed by atoms with E-state index in [0.717, 1.165) is 66.0 Å². The topological polar surface area (TPSA) is 214 Å². The molecule has 5 aliphatic heterocycles. The maximum atomic E-state index is 15.1. The molecular weight excluding hydrogens is 869 g/mol. The van der Waals surface area contributed by atoms with Gasteiger partial charge in [0.05, 0.1) is 64.8 Å². The zero-order valence-electron chi connectivity index (χ0n) is 41.0. The number of aliphatic hydroxyl groups is 6. The lowest BCUT2D eigenvalue weighted by Gasteiger charge is -2.62. The Labute approximate surface area is 398 Å². The van der Waals surface area contributed by atoms with Gasteiger partial charge in [-0.2, -0.15) is 0 Å². The zero-order valence-corrected chi connectivity index (χ0v) is 41.0. The van der Waals surface area contributed by atoms with Crippen LogP contribution in [0.2, 0.25) is 0 Å². The van der Waals surface area contributed by atoms with E-state index in [1.54, 1.807) is 13.0 Å². The van der Waals surface area contributed by atoms with Crippen LogP contribution in [0, 0.1) is 63.1 Å². The summed E-state index contributed by atoms with van der Waals surface area (Å²) in [6.07, 6.45) is 7.77. The maximum absolute atomic E-state index is 15.1. The lowest BCUT2D eigenvalue weighted by Crippen LogP contribution is -2.73. The number of epoxide rings is 1. The Hall–Kier alpha value is -2.21. The fourth-order valence-electron chi connectivity index (χ4n) is 19.8. The normalized spacial score (nSPS) is 59.2. The molecule has 0 aromatic carbocycles. The predicted octanol–water partition coefficient (Wildman–Crippen LogP) is 3.75. The number of rotatable bonds is 1. The minimum atomic E-state index is -1.52. The second-order valence-corrected chi connectivity index (χ2v) is 26.5. The molecule has 14 nitrogen and oxygen atoms in total. The molecule has 4 spiro atoms. The van der Waals surface area contributed by atoms with Gasteiger partial charge in [-0.1, -0.05) is 46.3 Å². The van der Waals surface area contributed by atoms with Crippen molar-refractivity contribution in [3.8, 4) is 0 Å². The van der Waals surface area contributed by atoms with E-state index in [0.29, 0.717) is 44.4 Å². The maximum Gasteiger partial charge on any atom is 0.201 e. The molecule has 22 atom stereocenters. The van der Waals surface area contributed by atoms with Gasteiger partial charge >= 0.3 is 0 Å². The Morgan fingerprint density at radius 2 is 1.49 bits per heavy atom. The second kappa shape index (κ2) is 12.8. The van der Waals surface area contributed by atoms with Crippen molar-refractivity contribution in [2.45, 2.75) is 203 Å². The van der Waals surface area contributed by atoms with Crippen LogP contribution in [0.15, 0.2) is 23.3 Å². The summed E-state index contributed by atoms with van der Waals surface area (Å²) in [6.45, 7) is 16.0. The molecule has 1 aromatic heterocycles. The van der Waals surface area contributed by atoms with Crippen LogP contribution in [-0.4, -0.2) is 130 Å². The highest BCUT2D eigenvalue weighted by Gasteiger charge is 2.91. The van der Waals surface area contributed by atoms with Crippen molar-refractivity contribution in [3.05, 3.63) is 46.1 Å². The number of fused-ring (bicyclic) bond motifs is 12. The smallest absolute Gasteiger partial charge is 0.201 e. The van der Waals surface area contributed by atoms with E-state index in [1.165, 1.54) is 0 Å². The largest absolute Gasteiger partial charge is 0.393 e. The molecule has 14 rings (SSSR count). The molecule has 8 aliphatic carbocycles. The van der Waals surface area contributed by atoms with Crippen molar-refractivity contribution in [1.29, 1.82) is 0 Å². The van der Waals surface area contributed by atoms with Gasteiger partial charge in [-0.25, -0.2) is 0 Å². The zero-order chi connectivity index (χ0) is 47.7. The molecule has 6 N–H and O–H groups in total. The molecule has 2 unspecified atom stereocenters. The molecule has 370 valence electrons. The van der Waals surface area contributed by atoms with Crippen LogP contribution in [-0.2, 0) is 54.2 Å². The van der Waals surface area contributed by atoms with Gasteiger partial charge in [0.2, 0.25) is 5.79 Å². The number of ketones is 1. The average molecular weight is 941 g/mol. The summed E-state index contributed by atoms with van der Waals surface area (Å²) in [5.41, 5.74) is -2.42. The number of aliphatic hydroxyl groups excluding tert-OH is 4. The first-order valence-electron chi connectivity index (χ1n) is 26.2. The molecule has 13 aliphatic rings. The first-order chi connectivity index (χ1) is 31.9. The van der Waals surface area contributed by atoms with E-state index in [1.807, 2.05) is 34.6 Å². The summed E-state index contributed by atoms with van der Waals surface area (Å²) in [6, 6.07) is 0. The minimum absolute atomic E-state index is 0.0354. The van der Waals surface area contributed by atoms with Crippen LogP contribution >= 0.6 is 0 Å². The number of carbonyl (C=O) groups is 1. The fourth-order valence-corrected chi connectivity index (χ4v) is 19.8. The number of ether oxygens (including phenoxy) is 5. The molecule has 0 radical (unpaired) electrons. The molecule has 1 aromatic rings. The molecule has 0 amide bonds. The van der Waals surface area contributed by atoms with Gasteiger partial charge in [0.15, 0.2) is 11.6 Å². The van der Waals surface area contributed by atoms with Crippen molar-refractivity contribution in [1.82, 2.24) is 9.97 Å². The van der Waals surface area contributed by atoms with Crippen LogP contribution < -0.4 is 0 Å². The summed E-state index contributed by atoms with van der Waals surface area (Å²) in [5.74, 6) is -3.13. The van der Waals surface area contributed by atoms with Crippen molar-refractivity contribution >= 4 is 5.78 Å². The Balaban J connectivity index is 0.757. The van der Waals surface area contributed by atoms with Gasteiger partial charge in [0.25, 0.3) is 0 Å². The summed E-state index contributed by atoms with van der Waals surface area (Å²) in [7, 11) is 0. The highest BCUT2D eigenvalue weighted by molar-refractivity contribution is 6.01. The van der Waals surface area contributed by atoms with Crippen molar-refractivity contribution in [3.63, 3.8) is 0 Å². The molecular formula is C54H72N2O12. The lowest BCUT2D eigenvalue weighted by molar-refractivity contribution is -0.347. The van der Waals surface area contributed by atoms with E-state index < -0.39 is 86.2 Å².